The monoisotopic (exact) mass is 363 g/mol. The number of allylic oxidation sites excluding steroid dienone is 1. The van der Waals surface area contributed by atoms with E-state index in [1.165, 1.54) is 0 Å². The van der Waals surface area contributed by atoms with Crippen molar-refractivity contribution in [1.82, 2.24) is 0 Å². The smallest absolute Gasteiger partial charge is 0.365 e. The van der Waals surface area contributed by atoms with Crippen molar-refractivity contribution in [2.75, 3.05) is 0 Å². The van der Waals surface area contributed by atoms with Gasteiger partial charge >= 0.3 is 10.3 Å². The quantitative estimate of drug-likeness (QED) is 0.818. The molecule has 1 heterocycles. The Kier molecular flexibility index (Phi) is 3.65. The van der Waals surface area contributed by atoms with Crippen molar-refractivity contribution in [3.8, 4) is 5.75 Å². The summed E-state index contributed by atoms with van der Waals surface area (Å²) in [5, 5.41) is 0. The zero-order valence-corrected chi connectivity index (χ0v) is 13.1. The molecule has 0 spiro atoms. The molecule has 2 aromatic carbocycles. The van der Waals surface area contributed by atoms with Crippen LogP contribution in [0.2, 0.25) is 0 Å². The van der Waals surface area contributed by atoms with Gasteiger partial charge in [0, 0.05) is 10.0 Å². The highest BCUT2D eigenvalue weighted by Crippen LogP contribution is 2.27. The van der Waals surface area contributed by atoms with E-state index >= 15 is 0 Å². The predicted octanol–water partition coefficient (Wildman–Crippen LogP) is 3.59. The molecular weight excluding hydrogens is 354 g/mol. The van der Waals surface area contributed by atoms with E-state index < -0.39 is 10.3 Å². The lowest BCUT2D eigenvalue weighted by Gasteiger charge is -2.14. The van der Waals surface area contributed by atoms with Gasteiger partial charge in [-0.1, -0.05) is 52.3 Å². The van der Waals surface area contributed by atoms with Gasteiger partial charge in [0.05, 0.1) is 5.71 Å². The van der Waals surface area contributed by atoms with Gasteiger partial charge in [0.25, 0.3) is 0 Å². The molecule has 106 valence electrons. The second kappa shape index (κ2) is 5.46. The van der Waals surface area contributed by atoms with Crippen molar-refractivity contribution < 1.29 is 12.6 Å². The SMILES string of the molecule is O=S1(=O)N=C(/C=C/c2ccccc2Br)c2ccccc2O1. The summed E-state index contributed by atoms with van der Waals surface area (Å²) in [4.78, 5) is 0. The van der Waals surface area contributed by atoms with Crippen LogP contribution in [0.5, 0.6) is 5.75 Å². The Bertz CT molecular complexity index is 857. The highest BCUT2D eigenvalue weighted by molar-refractivity contribution is 9.10. The second-order valence-electron chi connectivity index (χ2n) is 4.34. The summed E-state index contributed by atoms with van der Waals surface area (Å²) in [6.07, 6.45) is 3.47. The van der Waals surface area contributed by atoms with Crippen molar-refractivity contribution in [2.24, 2.45) is 4.40 Å². The molecule has 0 bridgehead atoms. The maximum atomic E-state index is 11.6. The topological polar surface area (TPSA) is 55.7 Å². The number of halogens is 1. The van der Waals surface area contributed by atoms with Crippen molar-refractivity contribution in [2.45, 2.75) is 0 Å². The summed E-state index contributed by atoms with van der Waals surface area (Å²) in [7, 11) is -3.93. The van der Waals surface area contributed by atoms with Crippen molar-refractivity contribution in [1.29, 1.82) is 0 Å². The van der Waals surface area contributed by atoms with Gasteiger partial charge in [-0.2, -0.15) is 8.42 Å². The van der Waals surface area contributed by atoms with E-state index in [-0.39, 0.29) is 0 Å². The maximum absolute atomic E-state index is 11.6. The van der Waals surface area contributed by atoms with Crippen LogP contribution in [0, 0.1) is 0 Å². The van der Waals surface area contributed by atoms with Crippen LogP contribution in [-0.2, 0) is 10.3 Å². The average molecular weight is 364 g/mol. The molecule has 0 aliphatic carbocycles. The van der Waals surface area contributed by atoms with Gasteiger partial charge in [-0.05, 0) is 29.8 Å². The van der Waals surface area contributed by atoms with Gasteiger partial charge in [0.1, 0.15) is 0 Å². The minimum absolute atomic E-state index is 0.291. The third-order valence-electron chi connectivity index (χ3n) is 2.89. The Labute approximate surface area is 131 Å². The first kappa shape index (κ1) is 14.0. The first-order chi connectivity index (χ1) is 10.1. The largest absolute Gasteiger partial charge is 0.429 e. The molecule has 0 unspecified atom stereocenters. The van der Waals surface area contributed by atoms with E-state index in [0.717, 1.165) is 10.0 Å². The molecule has 0 amide bonds. The molecule has 0 radical (unpaired) electrons. The van der Waals surface area contributed by atoms with Crippen LogP contribution in [-0.4, -0.2) is 14.1 Å². The third kappa shape index (κ3) is 3.06. The number of nitrogens with zero attached hydrogens (tertiary/aromatic N) is 1. The Hall–Kier alpha value is -1.92. The summed E-state index contributed by atoms with van der Waals surface area (Å²) in [6.45, 7) is 0. The predicted molar refractivity (Wildman–Crippen MR) is 85.7 cm³/mol. The van der Waals surface area contributed by atoms with Crippen LogP contribution in [0.3, 0.4) is 0 Å². The third-order valence-corrected chi connectivity index (χ3v) is 4.43. The molecule has 0 N–H and O–H groups in total. The Morgan fingerprint density at radius 3 is 2.52 bits per heavy atom. The lowest BCUT2D eigenvalue weighted by atomic mass is 10.1. The molecule has 6 heteroatoms. The Balaban J connectivity index is 2.05. The van der Waals surface area contributed by atoms with Crippen LogP contribution in [0.15, 0.2) is 63.5 Å². The Morgan fingerprint density at radius 1 is 1.00 bits per heavy atom. The van der Waals surface area contributed by atoms with Gasteiger partial charge in [0.2, 0.25) is 0 Å². The average Bonchev–Trinajstić information content (AvgIpc) is 2.45. The van der Waals surface area contributed by atoms with Crippen molar-refractivity contribution in [3.63, 3.8) is 0 Å². The highest BCUT2D eigenvalue weighted by Gasteiger charge is 2.22. The van der Waals surface area contributed by atoms with Gasteiger partial charge in [0.15, 0.2) is 5.75 Å². The first-order valence-corrected chi connectivity index (χ1v) is 8.27. The molecule has 1 aliphatic rings. The molecular formula is C15H10BrNO3S. The lowest BCUT2D eigenvalue weighted by Crippen LogP contribution is -2.17. The van der Waals surface area contributed by atoms with Gasteiger partial charge < -0.3 is 4.18 Å². The van der Waals surface area contributed by atoms with Crippen LogP contribution in [0.1, 0.15) is 11.1 Å². The molecule has 0 saturated carbocycles. The number of fused-ring (bicyclic) bond motifs is 1. The van der Waals surface area contributed by atoms with E-state index in [1.54, 1.807) is 30.4 Å². The number of para-hydroxylation sites is 1. The Morgan fingerprint density at radius 2 is 1.71 bits per heavy atom. The number of hydrogen-bond acceptors (Lipinski definition) is 3. The van der Waals surface area contributed by atoms with E-state index in [9.17, 15) is 8.42 Å². The fraction of sp³-hybridized carbons (Fsp3) is 0. The number of benzene rings is 2. The summed E-state index contributed by atoms with van der Waals surface area (Å²) in [5.74, 6) is 0.291. The van der Waals surface area contributed by atoms with E-state index in [4.69, 9.17) is 4.18 Å². The molecule has 4 nitrogen and oxygen atoms in total. The molecule has 0 saturated heterocycles. The first-order valence-electron chi connectivity index (χ1n) is 6.11. The van der Waals surface area contributed by atoms with Crippen LogP contribution in [0.4, 0.5) is 0 Å². The normalized spacial score (nSPS) is 16.1. The number of rotatable bonds is 2. The fourth-order valence-corrected chi connectivity index (χ4v) is 3.18. The minimum Gasteiger partial charge on any atom is -0.365 e. The van der Waals surface area contributed by atoms with Gasteiger partial charge in [-0.15, -0.1) is 4.40 Å². The van der Waals surface area contributed by atoms with Crippen molar-refractivity contribution >= 4 is 38.0 Å². The molecule has 0 atom stereocenters. The van der Waals surface area contributed by atoms with Crippen molar-refractivity contribution in [3.05, 3.63) is 70.2 Å². The maximum Gasteiger partial charge on any atom is 0.429 e. The lowest BCUT2D eigenvalue weighted by molar-refractivity contribution is 0.485. The zero-order valence-electron chi connectivity index (χ0n) is 10.7. The molecule has 0 fully saturated rings. The van der Waals surface area contributed by atoms with Crippen LogP contribution < -0.4 is 4.18 Å². The number of hydrogen-bond donors (Lipinski definition) is 0. The van der Waals surface area contributed by atoms with E-state index in [2.05, 4.69) is 20.3 Å². The molecule has 3 rings (SSSR count). The minimum atomic E-state index is -3.93. The van der Waals surface area contributed by atoms with Gasteiger partial charge in [-0.25, -0.2) is 0 Å². The van der Waals surface area contributed by atoms with Crippen LogP contribution in [0.25, 0.3) is 6.08 Å². The second-order valence-corrected chi connectivity index (χ2v) is 6.40. The molecule has 1 aliphatic heterocycles. The molecule has 21 heavy (non-hydrogen) atoms. The zero-order chi connectivity index (χ0) is 14.9. The summed E-state index contributed by atoms with van der Waals surface area (Å²) < 4.78 is 32.8. The molecule has 0 aromatic heterocycles. The summed E-state index contributed by atoms with van der Waals surface area (Å²) in [5.41, 5.74) is 1.94. The van der Waals surface area contributed by atoms with E-state index in [1.807, 2.05) is 30.3 Å². The summed E-state index contributed by atoms with van der Waals surface area (Å²) in [6, 6.07) is 14.5. The highest BCUT2D eigenvalue weighted by atomic mass is 79.9. The fourth-order valence-electron chi connectivity index (χ4n) is 1.95. The van der Waals surface area contributed by atoms with E-state index in [0.29, 0.717) is 17.0 Å². The van der Waals surface area contributed by atoms with Gasteiger partial charge in [-0.3, -0.25) is 0 Å². The van der Waals surface area contributed by atoms with Crippen LogP contribution >= 0.6 is 15.9 Å². The summed E-state index contributed by atoms with van der Waals surface area (Å²) >= 11 is 3.44. The molecule has 2 aromatic rings. The standard InChI is InChI=1S/C15H10BrNO3S/c16-13-7-3-1-5-11(13)9-10-14-12-6-2-4-8-15(12)20-21(18,19)17-14/h1-10H/b10-9+.